The maximum absolute atomic E-state index is 12.6. The minimum absolute atomic E-state index is 0.109. The van der Waals surface area contributed by atoms with Crippen molar-refractivity contribution in [1.29, 1.82) is 0 Å². The number of nitrogens with one attached hydrogen (secondary N) is 1. The van der Waals surface area contributed by atoms with Gasteiger partial charge in [0.1, 0.15) is 0 Å². The van der Waals surface area contributed by atoms with Gasteiger partial charge >= 0.3 is 0 Å². The number of aromatic nitrogens is 2. The molecule has 0 atom stereocenters. The second-order valence-electron chi connectivity index (χ2n) is 7.96. The highest BCUT2D eigenvalue weighted by Gasteiger charge is 2.16. The summed E-state index contributed by atoms with van der Waals surface area (Å²) in [5.41, 5.74) is 5.71. The second kappa shape index (κ2) is 9.33. The normalized spacial score (nSPS) is 11.5. The summed E-state index contributed by atoms with van der Waals surface area (Å²) in [4.78, 5) is 17.4. The summed E-state index contributed by atoms with van der Waals surface area (Å²) in [6.07, 6.45) is 2.06. The highest BCUT2D eigenvalue weighted by Crippen LogP contribution is 2.30. The van der Waals surface area contributed by atoms with Gasteiger partial charge < -0.3 is 4.57 Å². The highest BCUT2D eigenvalue weighted by atomic mass is 32.2. The van der Waals surface area contributed by atoms with Crippen LogP contribution in [0.15, 0.2) is 70.9 Å². The van der Waals surface area contributed by atoms with Gasteiger partial charge in [-0.15, -0.1) is 11.3 Å². The molecule has 8 heteroatoms. The Labute approximate surface area is 197 Å². The molecule has 0 aliphatic carbocycles. The summed E-state index contributed by atoms with van der Waals surface area (Å²) in [5, 5.41) is 5.17. The number of hydrogen-bond acceptors (Lipinski definition) is 5. The Hall–Kier alpha value is -3.23. The lowest BCUT2D eigenvalue weighted by molar-refractivity contribution is 0.102. The maximum atomic E-state index is 12.6. The van der Waals surface area contributed by atoms with E-state index in [1.807, 2.05) is 11.4 Å². The van der Waals surface area contributed by atoms with E-state index in [2.05, 4.69) is 59.0 Å². The number of aryl methyl sites for hydroxylation is 2. The molecule has 170 valence electrons. The molecular formula is C25H25N3O3S2. The molecule has 33 heavy (non-hydrogen) atoms. The van der Waals surface area contributed by atoms with E-state index in [1.54, 1.807) is 12.1 Å². The van der Waals surface area contributed by atoms with Crippen LogP contribution in [-0.4, -0.2) is 30.1 Å². The van der Waals surface area contributed by atoms with Crippen LogP contribution in [0.5, 0.6) is 0 Å². The van der Waals surface area contributed by atoms with Gasteiger partial charge in [0.2, 0.25) is 0 Å². The van der Waals surface area contributed by atoms with Gasteiger partial charge in [0.25, 0.3) is 5.91 Å². The molecule has 0 bridgehead atoms. The predicted molar refractivity (Wildman–Crippen MR) is 133 cm³/mol. The Kier molecular flexibility index (Phi) is 6.49. The number of amides is 1. The standard InChI is InChI=1S/C25H25N3O3S2/c1-17-14-22(18(2)28(17)13-12-19-8-5-4-6-9-19)23-16-32-25(26-23)27-24(29)20-10-7-11-21(15-20)33(3,30)31/h4-11,14-16H,12-13H2,1-3H3,(H,26,27,29). The van der Waals surface area contributed by atoms with Gasteiger partial charge in [0.05, 0.1) is 10.6 Å². The predicted octanol–water partition coefficient (Wildman–Crippen LogP) is 5.13. The van der Waals surface area contributed by atoms with Crippen LogP contribution in [0, 0.1) is 13.8 Å². The molecule has 0 fully saturated rings. The minimum Gasteiger partial charge on any atom is -0.348 e. The second-order valence-corrected chi connectivity index (χ2v) is 10.8. The van der Waals surface area contributed by atoms with Crippen LogP contribution in [0.3, 0.4) is 0 Å². The van der Waals surface area contributed by atoms with E-state index in [-0.39, 0.29) is 10.5 Å². The van der Waals surface area contributed by atoms with Crippen molar-refractivity contribution in [1.82, 2.24) is 9.55 Å². The van der Waals surface area contributed by atoms with E-state index in [9.17, 15) is 13.2 Å². The summed E-state index contributed by atoms with van der Waals surface area (Å²) < 4.78 is 25.8. The van der Waals surface area contributed by atoms with Crippen molar-refractivity contribution in [3.8, 4) is 11.3 Å². The zero-order valence-electron chi connectivity index (χ0n) is 18.7. The van der Waals surface area contributed by atoms with E-state index in [0.717, 1.165) is 41.9 Å². The van der Waals surface area contributed by atoms with Gasteiger partial charge in [0.15, 0.2) is 15.0 Å². The Morgan fingerprint density at radius 3 is 2.55 bits per heavy atom. The molecule has 0 spiro atoms. The summed E-state index contributed by atoms with van der Waals surface area (Å²) in [7, 11) is -3.39. The van der Waals surface area contributed by atoms with E-state index in [4.69, 9.17) is 0 Å². The lowest BCUT2D eigenvalue weighted by Gasteiger charge is -2.09. The topological polar surface area (TPSA) is 81.1 Å². The van der Waals surface area contributed by atoms with E-state index >= 15 is 0 Å². The number of nitrogens with zero attached hydrogens (tertiary/aromatic N) is 2. The summed E-state index contributed by atoms with van der Waals surface area (Å²) in [5.74, 6) is -0.394. The Morgan fingerprint density at radius 2 is 1.82 bits per heavy atom. The summed E-state index contributed by atoms with van der Waals surface area (Å²) in [6.45, 7) is 5.05. The highest BCUT2D eigenvalue weighted by molar-refractivity contribution is 7.90. The first-order valence-corrected chi connectivity index (χ1v) is 13.3. The fraction of sp³-hybridized carbons (Fsp3) is 0.200. The molecule has 6 nitrogen and oxygen atoms in total. The molecule has 0 unspecified atom stereocenters. The van der Waals surface area contributed by atoms with Crippen LogP contribution in [0.1, 0.15) is 27.3 Å². The molecule has 2 aromatic heterocycles. The number of anilines is 1. The number of thiazole rings is 1. The molecule has 0 aliphatic heterocycles. The molecule has 4 rings (SSSR count). The van der Waals surface area contributed by atoms with Crippen molar-refractivity contribution in [3.05, 3.63) is 88.6 Å². The number of carbonyl (C=O) groups excluding carboxylic acids is 1. The first kappa shape index (κ1) is 22.9. The zero-order chi connectivity index (χ0) is 23.6. The monoisotopic (exact) mass is 479 g/mol. The maximum Gasteiger partial charge on any atom is 0.257 e. The lowest BCUT2D eigenvalue weighted by Crippen LogP contribution is -2.12. The van der Waals surface area contributed by atoms with Gasteiger partial charge in [-0.2, -0.15) is 0 Å². The van der Waals surface area contributed by atoms with Crippen LogP contribution < -0.4 is 5.32 Å². The Morgan fingerprint density at radius 1 is 1.06 bits per heavy atom. The van der Waals surface area contributed by atoms with Crippen molar-refractivity contribution in [3.63, 3.8) is 0 Å². The molecule has 4 aromatic rings. The average Bonchev–Trinajstić information content (AvgIpc) is 3.36. The molecule has 0 radical (unpaired) electrons. The molecular weight excluding hydrogens is 454 g/mol. The van der Waals surface area contributed by atoms with Crippen molar-refractivity contribution in [2.24, 2.45) is 0 Å². The molecule has 2 heterocycles. The molecule has 0 saturated carbocycles. The fourth-order valence-electron chi connectivity index (χ4n) is 3.78. The van der Waals surface area contributed by atoms with E-state index in [1.165, 1.54) is 29.0 Å². The first-order valence-electron chi connectivity index (χ1n) is 10.5. The van der Waals surface area contributed by atoms with Crippen LogP contribution in [0.2, 0.25) is 0 Å². The number of rotatable bonds is 7. The van der Waals surface area contributed by atoms with Gasteiger partial charge in [0, 0.05) is 40.7 Å². The lowest BCUT2D eigenvalue weighted by atomic mass is 10.1. The third-order valence-corrected chi connectivity index (χ3v) is 7.43. The third-order valence-electron chi connectivity index (χ3n) is 5.57. The van der Waals surface area contributed by atoms with Crippen LogP contribution in [-0.2, 0) is 22.8 Å². The first-order chi connectivity index (χ1) is 15.7. The fourth-order valence-corrected chi connectivity index (χ4v) is 5.15. The van der Waals surface area contributed by atoms with Crippen molar-refractivity contribution < 1.29 is 13.2 Å². The van der Waals surface area contributed by atoms with E-state index in [0.29, 0.717) is 5.13 Å². The van der Waals surface area contributed by atoms with Gasteiger partial charge in [-0.1, -0.05) is 36.4 Å². The number of benzene rings is 2. The smallest absolute Gasteiger partial charge is 0.257 e. The number of carbonyl (C=O) groups is 1. The molecule has 2 aromatic carbocycles. The number of hydrogen-bond donors (Lipinski definition) is 1. The summed E-state index contributed by atoms with van der Waals surface area (Å²) in [6, 6.07) is 18.5. The van der Waals surface area contributed by atoms with Crippen LogP contribution >= 0.6 is 11.3 Å². The quantitative estimate of drug-likeness (QED) is 0.399. The third kappa shape index (κ3) is 5.23. The Balaban J connectivity index is 1.50. The SMILES string of the molecule is Cc1cc(-c2csc(NC(=O)c3cccc(S(C)(=O)=O)c3)n2)c(C)n1CCc1ccccc1. The zero-order valence-corrected chi connectivity index (χ0v) is 20.3. The summed E-state index contributed by atoms with van der Waals surface area (Å²) >= 11 is 1.34. The van der Waals surface area contributed by atoms with Crippen molar-refractivity contribution >= 4 is 32.2 Å². The van der Waals surface area contributed by atoms with Gasteiger partial charge in [-0.05, 0) is 50.1 Å². The van der Waals surface area contributed by atoms with Gasteiger partial charge in [-0.3, -0.25) is 10.1 Å². The van der Waals surface area contributed by atoms with Gasteiger partial charge in [-0.25, -0.2) is 13.4 Å². The van der Waals surface area contributed by atoms with Crippen molar-refractivity contribution in [2.75, 3.05) is 11.6 Å². The molecule has 0 aliphatic rings. The van der Waals surface area contributed by atoms with Crippen LogP contribution in [0.4, 0.5) is 5.13 Å². The van der Waals surface area contributed by atoms with E-state index < -0.39 is 15.7 Å². The number of sulfone groups is 1. The Bertz CT molecular complexity index is 1400. The minimum atomic E-state index is -3.39. The average molecular weight is 480 g/mol. The molecule has 0 saturated heterocycles. The van der Waals surface area contributed by atoms with Crippen molar-refractivity contribution in [2.45, 2.75) is 31.7 Å². The molecule has 1 amide bonds. The van der Waals surface area contributed by atoms with Crippen LogP contribution in [0.25, 0.3) is 11.3 Å². The largest absolute Gasteiger partial charge is 0.348 e. The molecule has 1 N–H and O–H groups in total.